The van der Waals surface area contributed by atoms with E-state index in [1.807, 2.05) is 12.1 Å². The lowest BCUT2D eigenvalue weighted by molar-refractivity contribution is 0.382. The van der Waals surface area contributed by atoms with Crippen molar-refractivity contribution < 1.29 is 4.74 Å². The number of ether oxygens (including phenoxy) is 1. The van der Waals surface area contributed by atoms with Crippen molar-refractivity contribution in [1.29, 1.82) is 0 Å². The van der Waals surface area contributed by atoms with Crippen LogP contribution in [0.25, 0.3) is 0 Å². The molecule has 0 aromatic carbocycles. The van der Waals surface area contributed by atoms with E-state index in [1.54, 1.807) is 13.3 Å². The van der Waals surface area contributed by atoms with Gasteiger partial charge in [0.05, 0.1) is 7.11 Å². The summed E-state index contributed by atoms with van der Waals surface area (Å²) in [4.78, 5) is 6.44. The molecule has 0 unspecified atom stereocenters. The van der Waals surface area contributed by atoms with Gasteiger partial charge in [0.2, 0.25) is 5.88 Å². The molecule has 1 heterocycles. The van der Waals surface area contributed by atoms with Gasteiger partial charge in [-0.15, -0.1) is 0 Å². The predicted octanol–water partition coefficient (Wildman–Crippen LogP) is 1.80. The van der Waals surface area contributed by atoms with Crippen molar-refractivity contribution >= 4 is 5.69 Å². The van der Waals surface area contributed by atoms with Gasteiger partial charge >= 0.3 is 0 Å². The highest BCUT2D eigenvalue weighted by atomic mass is 16.5. The second kappa shape index (κ2) is 5.36. The van der Waals surface area contributed by atoms with Crippen LogP contribution >= 0.6 is 0 Å². The van der Waals surface area contributed by atoms with Crippen molar-refractivity contribution in [3.05, 3.63) is 18.3 Å². The molecular weight excluding hydrogens is 214 g/mol. The highest BCUT2D eigenvalue weighted by Crippen LogP contribution is 2.26. The number of rotatable bonds is 3. The maximum atomic E-state index is 5.93. The van der Waals surface area contributed by atoms with E-state index >= 15 is 0 Å². The van der Waals surface area contributed by atoms with Crippen LogP contribution in [0.2, 0.25) is 0 Å². The van der Waals surface area contributed by atoms with Crippen LogP contribution in [0.1, 0.15) is 25.7 Å². The van der Waals surface area contributed by atoms with Crippen LogP contribution in [0, 0.1) is 0 Å². The summed E-state index contributed by atoms with van der Waals surface area (Å²) in [5.74, 6) is 0.668. The molecule has 4 heteroatoms. The second-order valence-electron chi connectivity index (χ2n) is 4.74. The van der Waals surface area contributed by atoms with E-state index in [0.29, 0.717) is 18.0 Å². The van der Waals surface area contributed by atoms with E-state index in [4.69, 9.17) is 10.5 Å². The Bertz CT molecular complexity index is 361. The van der Waals surface area contributed by atoms with Gasteiger partial charge < -0.3 is 15.4 Å². The van der Waals surface area contributed by atoms with Gasteiger partial charge in [0.1, 0.15) is 0 Å². The molecule has 0 spiro atoms. The Morgan fingerprint density at radius 1 is 1.35 bits per heavy atom. The summed E-state index contributed by atoms with van der Waals surface area (Å²) in [6, 6.07) is 4.99. The number of aromatic nitrogens is 1. The number of nitrogens with two attached hydrogens (primary N) is 1. The van der Waals surface area contributed by atoms with Crippen molar-refractivity contribution in [1.82, 2.24) is 4.98 Å². The lowest BCUT2D eigenvalue weighted by Gasteiger charge is -2.35. The van der Waals surface area contributed by atoms with E-state index in [2.05, 4.69) is 16.9 Å². The lowest BCUT2D eigenvalue weighted by Crippen LogP contribution is -2.38. The highest BCUT2D eigenvalue weighted by Gasteiger charge is 2.22. The van der Waals surface area contributed by atoms with Gasteiger partial charge in [0.25, 0.3) is 0 Å². The van der Waals surface area contributed by atoms with Crippen LogP contribution in [0.4, 0.5) is 5.69 Å². The summed E-state index contributed by atoms with van der Waals surface area (Å²) < 4.78 is 5.15. The molecule has 0 atom stereocenters. The van der Waals surface area contributed by atoms with Crippen LogP contribution < -0.4 is 15.4 Å². The predicted molar refractivity (Wildman–Crippen MR) is 69.4 cm³/mol. The normalized spacial score (nSPS) is 24.4. The second-order valence-corrected chi connectivity index (χ2v) is 4.74. The molecule has 2 N–H and O–H groups in total. The van der Waals surface area contributed by atoms with Gasteiger partial charge in [-0.05, 0) is 31.7 Å². The molecule has 2 rings (SSSR count). The van der Waals surface area contributed by atoms with Crippen LogP contribution in [0.15, 0.2) is 18.3 Å². The van der Waals surface area contributed by atoms with Crippen molar-refractivity contribution in [3.8, 4) is 5.88 Å². The van der Waals surface area contributed by atoms with Crippen molar-refractivity contribution in [2.75, 3.05) is 19.1 Å². The molecule has 1 aromatic heterocycles. The Morgan fingerprint density at radius 3 is 2.71 bits per heavy atom. The minimum Gasteiger partial charge on any atom is -0.481 e. The van der Waals surface area contributed by atoms with Gasteiger partial charge in [0.15, 0.2) is 0 Å². The number of hydrogen-bond donors (Lipinski definition) is 1. The van der Waals surface area contributed by atoms with Crippen LogP contribution in [-0.2, 0) is 0 Å². The Hall–Kier alpha value is -1.29. The molecule has 1 aliphatic carbocycles. The highest BCUT2D eigenvalue weighted by molar-refractivity contribution is 5.48. The zero-order chi connectivity index (χ0) is 12.3. The van der Waals surface area contributed by atoms with Crippen molar-refractivity contribution in [2.24, 2.45) is 5.73 Å². The topological polar surface area (TPSA) is 51.4 Å². The van der Waals surface area contributed by atoms with Crippen molar-refractivity contribution in [2.45, 2.75) is 37.8 Å². The molecule has 94 valence electrons. The molecule has 1 aliphatic rings. The zero-order valence-corrected chi connectivity index (χ0v) is 10.6. The molecule has 1 fully saturated rings. The van der Waals surface area contributed by atoms with Gasteiger partial charge in [-0.25, -0.2) is 4.98 Å². The number of anilines is 1. The molecule has 1 aromatic rings. The number of methoxy groups -OCH3 is 1. The summed E-state index contributed by atoms with van der Waals surface area (Å²) in [5, 5.41) is 0. The molecule has 0 aliphatic heterocycles. The third-order valence-corrected chi connectivity index (χ3v) is 3.62. The first-order chi connectivity index (χ1) is 8.20. The minimum atomic E-state index is 0.395. The summed E-state index contributed by atoms with van der Waals surface area (Å²) in [5.41, 5.74) is 7.10. The Labute approximate surface area is 103 Å². The summed E-state index contributed by atoms with van der Waals surface area (Å²) in [6.07, 6.45) is 6.37. The molecular formula is C13H21N3O. The van der Waals surface area contributed by atoms with E-state index in [-0.39, 0.29) is 0 Å². The van der Waals surface area contributed by atoms with E-state index < -0.39 is 0 Å². The van der Waals surface area contributed by atoms with Crippen molar-refractivity contribution in [3.63, 3.8) is 0 Å². The summed E-state index contributed by atoms with van der Waals surface area (Å²) in [6.45, 7) is 0. The molecule has 4 nitrogen and oxygen atoms in total. The largest absolute Gasteiger partial charge is 0.481 e. The van der Waals surface area contributed by atoms with Gasteiger partial charge in [-0.2, -0.15) is 0 Å². The first-order valence-electron chi connectivity index (χ1n) is 6.19. The SMILES string of the molecule is COc1cc(N(C)C2CCC(N)CC2)ccn1. The maximum Gasteiger partial charge on any atom is 0.214 e. The number of pyridine rings is 1. The molecule has 0 radical (unpaired) electrons. The molecule has 0 amide bonds. The molecule has 1 saturated carbocycles. The first kappa shape index (κ1) is 12.2. The molecule has 0 saturated heterocycles. The van der Waals surface area contributed by atoms with E-state index in [1.165, 1.54) is 12.8 Å². The Morgan fingerprint density at radius 2 is 2.06 bits per heavy atom. The Balaban J connectivity index is 2.05. The fourth-order valence-corrected chi connectivity index (χ4v) is 2.43. The van der Waals surface area contributed by atoms with Gasteiger partial charge in [-0.1, -0.05) is 0 Å². The van der Waals surface area contributed by atoms with Crippen LogP contribution in [0.3, 0.4) is 0 Å². The van der Waals surface area contributed by atoms with Gasteiger partial charge in [0, 0.05) is 37.1 Å². The van der Waals surface area contributed by atoms with Gasteiger partial charge in [-0.3, -0.25) is 0 Å². The summed E-state index contributed by atoms with van der Waals surface area (Å²) in [7, 11) is 3.78. The number of hydrogen-bond acceptors (Lipinski definition) is 4. The average Bonchev–Trinajstić information content (AvgIpc) is 2.39. The monoisotopic (exact) mass is 235 g/mol. The third kappa shape index (κ3) is 2.88. The lowest BCUT2D eigenvalue weighted by atomic mass is 9.91. The van der Waals surface area contributed by atoms with Crippen LogP contribution in [0.5, 0.6) is 5.88 Å². The average molecular weight is 235 g/mol. The van der Waals surface area contributed by atoms with E-state index in [0.717, 1.165) is 18.5 Å². The summed E-state index contributed by atoms with van der Waals surface area (Å²) >= 11 is 0. The standard InChI is InChI=1S/C13H21N3O/c1-16(11-5-3-10(14)4-6-11)12-7-8-15-13(9-12)17-2/h7-11H,3-6,14H2,1-2H3. The fourth-order valence-electron chi connectivity index (χ4n) is 2.43. The van der Waals surface area contributed by atoms with E-state index in [9.17, 15) is 0 Å². The third-order valence-electron chi connectivity index (χ3n) is 3.62. The first-order valence-corrected chi connectivity index (χ1v) is 6.19. The quantitative estimate of drug-likeness (QED) is 0.868. The minimum absolute atomic E-state index is 0.395. The molecule has 0 bridgehead atoms. The smallest absolute Gasteiger partial charge is 0.214 e. The number of nitrogens with zero attached hydrogens (tertiary/aromatic N) is 2. The maximum absolute atomic E-state index is 5.93. The van der Waals surface area contributed by atoms with Crippen LogP contribution in [-0.4, -0.2) is 31.2 Å². The Kier molecular flexibility index (Phi) is 3.84. The zero-order valence-electron chi connectivity index (χ0n) is 10.6. The fraction of sp³-hybridized carbons (Fsp3) is 0.615. The molecule has 17 heavy (non-hydrogen) atoms.